The molecular formula is C15H20O3. The Hall–Kier alpha value is -0.930. The molecule has 0 radical (unpaired) electrons. The molecule has 3 saturated heterocycles. The second kappa shape index (κ2) is 3.34. The first kappa shape index (κ1) is 12.1. The molecular weight excluding hydrogens is 228 g/mol. The van der Waals surface area contributed by atoms with E-state index in [1.54, 1.807) is 6.08 Å². The molecule has 0 aromatic carbocycles. The number of hydrogen-bond acceptors (Lipinski definition) is 3. The Morgan fingerprint density at radius 1 is 1.28 bits per heavy atom. The molecule has 0 unspecified atom stereocenters. The largest absolute Gasteiger partial charge is 0.361 e. The van der Waals surface area contributed by atoms with Crippen molar-refractivity contribution in [1.29, 1.82) is 0 Å². The van der Waals surface area contributed by atoms with Crippen LogP contribution in [0.3, 0.4) is 0 Å². The molecule has 0 aliphatic carbocycles. The lowest BCUT2D eigenvalue weighted by molar-refractivity contribution is -0.104. The molecule has 3 heteroatoms. The average molecular weight is 248 g/mol. The Bertz CT molecular complexity index is 456. The van der Waals surface area contributed by atoms with Crippen molar-refractivity contribution < 1.29 is 14.3 Å². The fraction of sp³-hybridized carbons (Fsp3) is 0.667. The summed E-state index contributed by atoms with van der Waals surface area (Å²) in [5.74, 6) is 0. The molecule has 0 N–H and O–H groups in total. The summed E-state index contributed by atoms with van der Waals surface area (Å²) in [4.78, 5) is 10.5. The average Bonchev–Trinajstić information content (AvgIpc) is 2.81. The van der Waals surface area contributed by atoms with Crippen LogP contribution in [0.25, 0.3) is 0 Å². The molecule has 3 heterocycles. The number of carbonyl (C=O) groups excluding carboxylic acids is 1. The summed E-state index contributed by atoms with van der Waals surface area (Å²) in [6.45, 7) is 8.53. The second-order valence-electron chi connectivity index (χ2n) is 6.51. The maximum atomic E-state index is 10.5. The molecule has 18 heavy (non-hydrogen) atoms. The molecule has 0 aromatic rings. The van der Waals surface area contributed by atoms with Gasteiger partial charge in [0.15, 0.2) is 0 Å². The van der Waals surface area contributed by atoms with Crippen LogP contribution in [-0.2, 0) is 14.3 Å². The van der Waals surface area contributed by atoms with E-state index in [1.165, 1.54) is 0 Å². The van der Waals surface area contributed by atoms with E-state index in [9.17, 15) is 4.79 Å². The zero-order valence-corrected chi connectivity index (χ0v) is 11.4. The van der Waals surface area contributed by atoms with Gasteiger partial charge in [0.05, 0.1) is 6.10 Å². The van der Waals surface area contributed by atoms with Gasteiger partial charge in [-0.15, -0.1) is 0 Å². The van der Waals surface area contributed by atoms with Gasteiger partial charge >= 0.3 is 0 Å². The number of carbonyl (C=O) groups is 1. The van der Waals surface area contributed by atoms with Crippen LogP contribution < -0.4 is 0 Å². The highest BCUT2D eigenvalue weighted by molar-refractivity contribution is 5.67. The molecule has 0 aromatic heterocycles. The van der Waals surface area contributed by atoms with Crippen molar-refractivity contribution in [3.05, 3.63) is 23.8 Å². The molecule has 3 aliphatic rings. The van der Waals surface area contributed by atoms with Crippen molar-refractivity contribution in [2.24, 2.45) is 5.41 Å². The molecule has 0 amide bonds. The Kier molecular flexibility index (Phi) is 2.25. The number of fused-ring (bicyclic) bond motifs is 5. The van der Waals surface area contributed by atoms with Gasteiger partial charge in [-0.05, 0) is 38.0 Å². The molecule has 3 rings (SSSR count). The summed E-state index contributed by atoms with van der Waals surface area (Å²) in [7, 11) is 0. The number of allylic oxidation sites excluding steroid dienone is 3. The first-order chi connectivity index (χ1) is 8.36. The standard InChI is InChI=1S/C15H20O3/c1-10(6-8-16)5-7-15-13(2,3)9-11(17-15)12-14(15,4)18-12/h5-8,11-12H,9H2,1-4H3/b7-5+,10-6+/t11-,12+,14+,15+/m0/s1. The molecule has 0 spiro atoms. The lowest BCUT2D eigenvalue weighted by Gasteiger charge is -2.40. The zero-order valence-electron chi connectivity index (χ0n) is 11.4. The van der Waals surface area contributed by atoms with Crippen LogP contribution in [0.2, 0.25) is 0 Å². The minimum Gasteiger partial charge on any atom is -0.361 e. The third kappa shape index (κ3) is 1.24. The van der Waals surface area contributed by atoms with Gasteiger partial charge in [0.25, 0.3) is 0 Å². The van der Waals surface area contributed by atoms with Crippen molar-refractivity contribution in [1.82, 2.24) is 0 Å². The predicted octanol–water partition coefficient (Wildman–Crippen LogP) is 2.41. The van der Waals surface area contributed by atoms with Crippen molar-refractivity contribution >= 4 is 6.29 Å². The van der Waals surface area contributed by atoms with E-state index in [4.69, 9.17) is 9.47 Å². The quantitative estimate of drug-likeness (QED) is 0.333. The highest BCUT2D eigenvalue weighted by atomic mass is 16.7. The van der Waals surface area contributed by atoms with Crippen LogP contribution in [0.4, 0.5) is 0 Å². The fourth-order valence-electron chi connectivity index (χ4n) is 3.85. The van der Waals surface area contributed by atoms with E-state index >= 15 is 0 Å². The third-order valence-electron chi connectivity index (χ3n) is 4.90. The molecule has 98 valence electrons. The van der Waals surface area contributed by atoms with Crippen molar-refractivity contribution in [3.8, 4) is 0 Å². The van der Waals surface area contributed by atoms with Gasteiger partial charge in [-0.25, -0.2) is 0 Å². The van der Waals surface area contributed by atoms with Gasteiger partial charge in [-0.1, -0.05) is 19.9 Å². The SMILES string of the molecule is CC(/C=C/[C@@]12O[C@@H](CC1(C)C)[C@H]1O[C@]12C)=C\C=O. The van der Waals surface area contributed by atoms with E-state index in [0.717, 1.165) is 18.3 Å². The number of ether oxygens (including phenoxy) is 2. The Balaban J connectivity index is 1.97. The van der Waals surface area contributed by atoms with Gasteiger partial charge in [-0.2, -0.15) is 0 Å². The molecule has 0 saturated carbocycles. The number of hydrogen-bond donors (Lipinski definition) is 0. The Morgan fingerprint density at radius 3 is 2.61 bits per heavy atom. The minimum atomic E-state index is -0.354. The van der Waals surface area contributed by atoms with Crippen LogP contribution in [-0.4, -0.2) is 29.7 Å². The van der Waals surface area contributed by atoms with E-state index in [2.05, 4.69) is 26.8 Å². The van der Waals surface area contributed by atoms with Crippen molar-refractivity contribution in [2.45, 2.75) is 57.5 Å². The summed E-state index contributed by atoms with van der Waals surface area (Å²) < 4.78 is 12.1. The van der Waals surface area contributed by atoms with Gasteiger partial charge in [0, 0.05) is 5.41 Å². The summed E-state index contributed by atoms with van der Waals surface area (Å²) in [5, 5.41) is 0. The molecule has 3 aliphatic heterocycles. The van der Waals surface area contributed by atoms with Gasteiger partial charge in [-0.3, -0.25) is 4.79 Å². The monoisotopic (exact) mass is 248 g/mol. The van der Waals surface area contributed by atoms with Crippen LogP contribution in [0.5, 0.6) is 0 Å². The predicted molar refractivity (Wildman–Crippen MR) is 68.2 cm³/mol. The zero-order chi connectivity index (χ0) is 13.2. The van der Waals surface area contributed by atoms with Gasteiger partial charge in [0.1, 0.15) is 23.6 Å². The van der Waals surface area contributed by atoms with Crippen molar-refractivity contribution in [2.75, 3.05) is 0 Å². The molecule has 3 fully saturated rings. The topological polar surface area (TPSA) is 38.8 Å². The van der Waals surface area contributed by atoms with E-state index in [1.807, 2.05) is 13.0 Å². The highest BCUT2D eigenvalue weighted by Gasteiger charge is 2.82. The summed E-state index contributed by atoms with van der Waals surface area (Å²) in [5.41, 5.74) is 0.470. The lowest BCUT2D eigenvalue weighted by atomic mass is 9.63. The third-order valence-corrected chi connectivity index (χ3v) is 4.90. The highest BCUT2D eigenvalue weighted by Crippen LogP contribution is 2.69. The fourth-order valence-corrected chi connectivity index (χ4v) is 3.85. The Labute approximate surface area is 108 Å². The van der Waals surface area contributed by atoms with E-state index in [-0.39, 0.29) is 28.8 Å². The lowest BCUT2D eigenvalue weighted by Crippen LogP contribution is -2.51. The first-order valence-corrected chi connectivity index (χ1v) is 6.53. The maximum absolute atomic E-state index is 10.5. The number of epoxide rings is 1. The van der Waals surface area contributed by atoms with Crippen LogP contribution in [0.1, 0.15) is 34.1 Å². The minimum absolute atomic E-state index is 0.0668. The van der Waals surface area contributed by atoms with E-state index < -0.39 is 0 Å². The summed E-state index contributed by atoms with van der Waals surface area (Å²) in [6, 6.07) is 0. The molecule has 3 nitrogen and oxygen atoms in total. The van der Waals surface area contributed by atoms with Crippen LogP contribution in [0, 0.1) is 5.41 Å². The molecule has 2 bridgehead atoms. The Morgan fingerprint density at radius 2 is 2.00 bits per heavy atom. The first-order valence-electron chi connectivity index (χ1n) is 6.53. The van der Waals surface area contributed by atoms with Crippen LogP contribution in [0.15, 0.2) is 23.8 Å². The summed E-state index contributed by atoms with van der Waals surface area (Å²) >= 11 is 0. The second-order valence-corrected chi connectivity index (χ2v) is 6.51. The normalized spacial score (nSPS) is 48.6. The number of rotatable bonds is 3. The summed E-state index contributed by atoms with van der Waals surface area (Å²) in [6.07, 6.45) is 7.98. The van der Waals surface area contributed by atoms with Gasteiger partial charge in [0.2, 0.25) is 0 Å². The van der Waals surface area contributed by atoms with E-state index in [0.29, 0.717) is 0 Å². The maximum Gasteiger partial charge on any atom is 0.143 e. The van der Waals surface area contributed by atoms with Crippen molar-refractivity contribution in [3.63, 3.8) is 0 Å². The number of aldehydes is 1. The smallest absolute Gasteiger partial charge is 0.143 e. The molecule has 4 atom stereocenters. The van der Waals surface area contributed by atoms with Crippen LogP contribution >= 0.6 is 0 Å². The van der Waals surface area contributed by atoms with Gasteiger partial charge < -0.3 is 9.47 Å².